The molecule has 3 rings (SSSR count). The Balaban J connectivity index is 1.78. The van der Waals surface area contributed by atoms with Gasteiger partial charge in [0.05, 0.1) is 25.6 Å². The molecule has 0 spiro atoms. The number of esters is 2. The molecule has 1 amide bonds. The van der Waals surface area contributed by atoms with Gasteiger partial charge in [-0.05, 0) is 32.6 Å². The summed E-state index contributed by atoms with van der Waals surface area (Å²) >= 11 is 0. The number of aliphatic hydroxyl groups is 1. The Hall–Kier alpha value is -2.15. The normalized spacial score (nSPS) is 36.9. The van der Waals surface area contributed by atoms with Crippen molar-refractivity contribution < 1.29 is 29.0 Å². The van der Waals surface area contributed by atoms with Gasteiger partial charge in [-0.2, -0.15) is 0 Å². The standard InChI is InChI=1S/C19H25NO6/c1-18-13(10-6-7-11-14(21)25-2)16(23)20-19(18,17(24)26-18)15(22)12-8-4-3-5-9-12/h4,6-8,12-13,15,22H,3,5,9-11H2,1-2H3,(H,20,23)/b7-6+/t12-,13+,15+,18+,19+/m1/s1. The van der Waals surface area contributed by atoms with E-state index < -0.39 is 29.1 Å². The van der Waals surface area contributed by atoms with Crippen molar-refractivity contribution in [1.82, 2.24) is 5.32 Å². The summed E-state index contributed by atoms with van der Waals surface area (Å²) in [7, 11) is 1.31. The van der Waals surface area contributed by atoms with Crippen molar-refractivity contribution in [3.63, 3.8) is 0 Å². The van der Waals surface area contributed by atoms with Crippen LogP contribution in [-0.2, 0) is 23.9 Å². The number of nitrogens with one attached hydrogen (secondary N) is 1. The van der Waals surface area contributed by atoms with Crippen LogP contribution in [0.2, 0.25) is 0 Å². The maximum Gasteiger partial charge on any atom is 0.339 e. The van der Waals surface area contributed by atoms with Crippen LogP contribution in [0.15, 0.2) is 24.3 Å². The average molecular weight is 363 g/mol. The lowest BCUT2D eigenvalue weighted by atomic mass is 9.64. The van der Waals surface area contributed by atoms with Crippen LogP contribution < -0.4 is 5.32 Å². The summed E-state index contributed by atoms with van der Waals surface area (Å²) in [6, 6.07) is 0. The maximum atomic E-state index is 12.6. The van der Waals surface area contributed by atoms with E-state index in [4.69, 9.17) is 4.74 Å². The van der Waals surface area contributed by atoms with Crippen LogP contribution in [0.5, 0.6) is 0 Å². The first-order valence-corrected chi connectivity index (χ1v) is 8.99. The molecule has 5 atom stereocenters. The van der Waals surface area contributed by atoms with Gasteiger partial charge < -0.3 is 19.9 Å². The maximum absolute atomic E-state index is 12.6. The highest BCUT2D eigenvalue weighted by molar-refractivity contribution is 6.02. The topological polar surface area (TPSA) is 102 Å². The predicted molar refractivity (Wildman–Crippen MR) is 91.7 cm³/mol. The second-order valence-electron chi connectivity index (χ2n) is 7.30. The van der Waals surface area contributed by atoms with Crippen molar-refractivity contribution in [2.24, 2.45) is 11.8 Å². The molecule has 0 radical (unpaired) electrons. The fourth-order valence-electron chi connectivity index (χ4n) is 4.30. The van der Waals surface area contributed by atoms with Gasteiger partial charge in [0.15, 0.2) is 5.60 Å². The van der Waals surface area contributed by atoms with E-state index >= 15 is 0 Å². The van der Waals surface area contributed by atoms with Crippen molar-refractivity contribution in [1.29, 1.82) is 0 Å². The van der Waals surface area contributed by atoms with Gasteiger partial charge in [0.25, 0.3) is 0 Å². The first-order valence-electron chi connectivity index (χ1n) is 8.99. The van der Waals surface area contributed by atoms with Gasteiger partial charge in [-0.15, -0.1) is 0 Å². The van der Waals surface area contributed by atoms with Crippen molar-refractivity contribution in [3.05, 3.63) is 24.3 Å². The second-order valence-corrected chi connectivity index (χ2v) is 7.30. The number of fused-ring (bicyclic) bond motifs is 1. The van der Waals surface area contributed by atoms with Gasteiger partial charge in [0.2, 0.25) is 11.4 Å². The van der Waals surface area contributed by atoms with Gasteiger partial charge >= 0.3 is 11.9 Å². The second kappa shape index (κ2) is 6.87. The smallest absolute Gasteiger partial charge is 0.339 e. The minimum Gasteiger partial charge on any atom is -0.469 e. The van der Waals surface area contributed by atoms with E-state index in [1.165, 1.54) is 7.11 Å². The van der Waals surface area contributed by atoms with Crippen LogP contribution in [-0.4, -0.2) is 47.3 Å². The lowest BCUT2D eigenvalue weighted by Crippen LogP contribution is -2.80. The molecule has 26 heavy (non-hydrogen) atoms. The Morgan fingerprint density at radius 3 is 2.88 bits per heavy atom. The van der Waals surface area contributed by atoms with E-state index in [1.54, 1.807) is 19.1 Å². The monoisotopic (exact) mass is 363 g/mol. The summed E-state index contributed by atoms with van der Waals surface area (Å²) in [5.41, 5.74) is -2.52. The highest BCUT2D eigenvalue weighted by atomic mass is 16.6. The number of aliphatic hydroxyl groups excluding tert-OH is 1. The molecule has 0 aromatic rings. The van der Waals surface area contributed by atoms with E-state index in [0.29, 0.717) is 6.42 Å². The summed E-state index contributed by atoms with van der Waals surface area (Å²) in [6.45, 7) is 1.70. The first-order chi connectivity index (χ1) is 12.4. The Bertz CT molecular complexity index is 671. The number of methoxy groups -OCH3 is 1. The molecule has 2 saturated heterocycles. The molecular weight excluding hydrogens is 338 g/mol. The zero-order chi connectivity index (χ0) is 18.9. The third kappa shape index (κ3) is 2.65. The zero-order valence-electron chi connectivity index (χ0n) is 15.1. The molecular formula is C19H25NO6. The summed E-state index contributed by atoms with van der Waals surface area (Å²) in [4.78, 5) is 36.1. The molecule has 0 saturated carbocycles. The first kappa shape index (κ1) is 18.6. The van der Waals surface area contributed by atoms with Crippen molar-refractivity contribution >= 4 is 17.8 Å². The zero-order valence-corrected chi connectivity index (χ0v) is 15.1. The predicted octanol–water partition coefficient (Wildman–Crippen LogP) is 1.01. The number of ether oxygens (including phenoxy) is 2. The molecule has 7 heteroatoms. The number of amides is 1. The average Bonchev–Trinajstić information content (AvgIpc) is 2.82. The fraction of sp³-hybridized carbons (Fsp3) is 0.632. The van der Waals surface area contributed by atoms with Crippen LogP contribution in [0.4, 0.5) is 0 Å². The van der Waals surface area contributed by atoms with Crippen LogP contribution >= 0.6 is 0 Å². The largest absolute Gasteiger partial charge is 0.469 e. The van der Waals surface area contributed by atoms with Gasteiger partial charge in [-0.3, -0.25) is 9.59 Å². The number of rotatable bonds is 6. The summed E-state index contributed by atoms with van der Waals surface area (Å²) in [6.07, 6.45) is 9.31. The van der Waals surface area contributed by atoms with E-state index in [-0.39, 0.29) is 24.2 Å². The third-order valence-electron chi connectivity index (χ3n) is 5.90. The molecule has 1 aliphatic carbocycles. The molecule has 3 aliphatic rings. The van der Waals surface area contributed by atoms with Crippen LogP contribution in [0, 0.1) is 11.8 Å². The summed E-state index contributed by atoms with van der Waals surface area (Å²) in [5, 5.41) is 13.7. The molecule has 0 bridgehead atoms. The molecule has 2 N–H and O–H groups in total. The Morgan fingerprint density at radius 2 is 2.27 bits per heavy atom. The van der Waals surface area contributed by atoms with E-state index in [9.17, 15) is 19.5 Å². The molecule has 7 nitrogen and oxygen atoms in total. The van der Waals surface area contributed by atoms with E-state index in [2.05, 4.69) is 10.1 Å². The molecule has 2 aliphatic heterocycles. The van der Waals surface area contributed by atoms with Crippen LogP contribution in [0.3, 0.4) is 0 Å². The van der Waals surface area contributed by atoms with Crippen molar-refractivity contribution in [2.75, 3.05) is 7.11 Å². The molecule has 0 aromatic heterocycles. The van der Waals surface area contributed by atoms with E-state index in [1.807, 2.05) is 12.2 Å². The quantitative estimate of drug-likeness (QED) is 0.539. The molecule has 2 fully saturated rings. The lowest BCUT2D eigenvalue weighted by Gasteiger charge is -2.54. The van der Waals surface area contributed by atoms with E-state index in [0.717, 1.165) is 19.3 Å². The number of carbonyl (C=O) groups excluding carboxylic acids is 3. The Labute approximate surface area is 152 Å². The van der Waals surface area contributed by atoms with Gasteiger partial charge in [-0.25, -0.2) is 4.79 Å². The van der Waals surface area contributed by atoms with Gasteiger partial charge in [0.1, 0.15) is 0 Å². The van der Waals surface area contributed by atoms with Gasteiger partial charge in [0, 0.05) is 5.92 Å². The summed E-state index contributed by atoms with van der Waals surface area (Å²) < 4.78 is 9.98. The van der Waals surface area contributed by atoms with Crippen molar-refractivity contribution in [2.45, 2.75) is 56.3 Å². The number of carbonyl (C=O) groups is 3. The minimum atomic E-state index is -1.41. The molecule has 0 aromatic carbocycles. The minimum absolute atomic E-state index is 0.113. The Morgan fingerprint density at radius 1 is 1.50 bits per heavy atom. The number of hydrogen-bond acceptors (Lipinski definition) is 6. The van der Waals surface area contributed by atoms with Crippen LogP contribution in [0.25, 0.3) is 0 Å². The fourth-order valence-corrected chi connectivity index (χ4v) is 4.30. The Kier molecular flexibility index (Phi) is 4.92. The molecule has 2 heterocycles. The van der Waals surface area contributed by atoms with Gasteiger partial charge in [-0.1, -0.05) is 24.3 Å². The highest BCUT2D eigenvalue weighted by Gasteiger charge is 2.79. The van der Waals surface area contributed by atoms with Crippen molar-refractivity contribution in [3.8, 4) is 0 Å². The molecule has 0 unspecified atom stereocenters. The summed E-state index contributed by atoms with van der Waals surface area (Å²) in [5.74, 6) is -2.07. The lowest BCUT2D eigenvalue weighted by molar-refractivity contribution is -0.237. The molecule has 142 valence electrons. The number of hydrogen-bond donors (Lipinski definition) is 2. The van der Waals surface area contributed by atoms with Crippen LogP contribution in [0.1, 0.15) is 39.0 Å². The number of allylic oxidation sites excluding steroid dienone is 2. The third-order valence-corrected chi connectivity index (χ3v) is 5.90. The highest BCUT2D eigenvalue weighted by Crippen LogP contribution is 2.53. The SMILES string of the molecule is COC(=O)C/C=C/C[C@H]1C(=O)N[C@@]2([C@@H](O)[C@@H]3C=CCCC3)C(=O)O[C@@]12C.